The van der Waals surface area contributed by atoms with Crippen LogP contribution in [0.25, 0.3) is 0 Å². The van der Waals surface area contributed by atoms with Gasteiger partial charge in [0.25, 0.3) is 0 Å². The van der Waals surface area contributed by atoms with Gasteiger partial charge < -0.3 is 14.2 Å². The van der Waals surface area contributed by atoms with E-state index in [0.29, 0.717) is 23.0 Å². The standard InChI is InChI=1S/C31H44O6/c1-9-10-11-12-13-30(5,6)23-15-27(36-20(3)33)29(28(16-23)37-21(4)34)24-14-22(18-35-19(2)32)25-17-26(24)31(25,7)8/h14-16,24-26H,9-13,17-18H2,1-8H3/t24-,25+,26-/m1/s1. The average molecular weight is 513 g/mol. The number of rotatable bonds is 11. The third-order valence-corrected chi connectivity index (χ3v) is 8.44. The molecule has 0 N–H and O–H groups in total. The molecule has 1 saturated carbocycles. The van der Waals surface area contributed by atoms with E-state index in [9.17, 15) is 14.4 Å². The van der Waals surface area contributed by atoms with Crippen LogP contribution in [-0.4, -0.2) is 24.5 Å². The molecule has 0 unspecified atom stereocenters. The number of ether oxygens (including phenoxy) is 3. The molecule has 1 aromatic rings. The molecule has 0 radical (unpaired) electrons. The van der Waals surface area contributed by atoms with Crippen molar-refractivity contribution in [1.29, 1.82) is 0 Å². The lowest BCUT2D eigenvalue weighted by molar-refractivity contribution is -0.141. The minimum Gasteiger partial charge on any atom is -0.461 e. The highest BCUT2D eigenvalue weighted by molar-refractivity contribution is 5.74. The van der Waals surface area contributed by atoms with Crippen LogP contribution in [0.15, 0.2) is 23.8 Å². The van der Waals surface area contributed by atoms with Crippen molar-refractivity contribution in [2.24, 2.45) is 17.3 Å². The fraction of sp³-hybridized carbons (Fsp3) is 0.645. The van der Waals surface area contributed by atoms with E-state index >= 15 is 0 Å². The Morgan fingerprint density at radius 2 is 1.54 bits per heavy atom. The van der Waals surface area contributed by atoms with Gasteiger partial charge in [0.05, 0.1) is 0 Å². The van der Waals surface area contributed by atoms with Gasteiger partial charge in [0.1, 0.15) is 18.1 Å². The minimum atomic E-state index is -0.418. The molecule has 0 saturated heterocycles. The third kappa shape index (κ3) is 6.45. The number of carbonyl (C=O) groups is 3. The second-order valence-electron chi connectivity index (χ2n) is 12.0. The Morgan fingerprint density at radius 1 is 0.946 bits per heavy atom. The van der Waals surface area contributed by atoms with Crippen LogP contribution < -0.4 is 9.47 Å². The van der Waals surface area contributed by atoms with Crippen molar-refractivity contribution in [3.05, 3.63) is 34.9 Å². The molecule has 3 aliphatic rings. The van der Waals surface area contributed by atoms with Crippen LogP contribution in [0.4, 0.5) is 0 Å². The Bertz CT molecular complexity index is 1030. The summed E-state index contributed by atoms with van der Waals surface area (Å²) in [5.74, 6) is 0.185. The first-order valence-electron chi connectivity index (χ1n) is 13.7. The molecule has 6 nitrogen and oxygen atoms in total. The molecular formula is C31H44O6. The number of hydrogen-bond acceptors (Lipinski definition) is 6. The van der Waals surface area contributed by atoms with Crippen molar-refractivity contribution in [3.63, 3.8) is 0 Å². The van der Waals surface area contributed by atoms with Gasteiger partial charge in [-0.2, -0.15) is 0 Å². The predicted octanol–water partition coefficient (Wildman–Crippen LogP) is 7.03. The van der Waals surface area contributed by atoms with Crippen molar-refractivity contribution in [3.8, 4) is 11.5 Å². The van der Waals surface area contributed by atoms with Crippen LogP contribution in [0.3, 0.4) is 0 Å². The van der Waals surface area contributed by atoms with Gasteiger partial charge in [-0.15, -0.1) is 0 Å². The van der Waals surface area contributed by atoms with Gasteiger partial charge in [0, 0.05) is 32.3 Å². The molecule has 0 aromatic heterocycles. The third-order valence-electron chi connectivity index (χ3n) is 8.44. The van der Waals surface area contributed by atoms with Crippen molar-refractivity contribution < 1.29 is 28.6 Å². The Hall–Kier alpha value is -2.63. The molecule has 37 heavy (non-hydrogen) atoms. The summed E-state index contributed by atoms with van der Waals surface area (Å²) in [4.78, 5) is 36.0. The van der Waals surface area contributed by atoms with Crippen molar-refractivity contribution in [2.45, 2.75) is 105 Å². The molecule has 1 fully saturated rings. The molecule has 1 aromatic carbocycles. The molecular weight excluding hydrogens is 468 g/mol. The molecule has 0 heterocycles. The summed E-state index contributed by atoms with van der Waals surface area (Å²) in [5.41, 5.74) is 2.53. The van der Waals surface area contributed by atoms with Crippen molar-refractivity contribution >= 4 is 17.9 Å². The van der Waals surface area contributed by atoms with E-state index in [1.165, 1.54) is 40.0 Å². The van der Waals surface area contributed by atoms with Crippen LogP contribution in [0.5, 0.6) is 11.5 Å². The molecule has 204 valence electrons. The minimum absolute atomic E-state index is 0.0346. The molecule has 3 atom stereocenters. The zero-order chi connectivity index (χ0) is 27.5. The first kappa shape index (κ1) is 28.9. The summed E-state index contributed by atoms with van der Waals surface area (Å²) < 4.78 is 17.0. The Morgan fingerprint density at radius 3 is 2.03 bits per heavy atom. The van der Waals surface area contributed by atoms with Gasteiger partial charge in [-0.1, -0.05) is 66.4 Å². The summed E-state index contributed by atoms with van der Waals surface area (Å²) in [6, 6.07) is 3.92. The van der Waals surface area contributed by atoms with E-state index in [0.717, 1.165) is 30.4 Å². The zero-order valence-electron chi connectivity index (χ0n) is 23.9. The van der Waals surface area contributed by atoms with Gasteiger partial charge in [-0.25, -0.2) is 0 Å². The number of benzene rings is 1. The lowest BCUT2D eigenvalue weighted by Gasteiger charge is -2.59. The van der Waals surface area contributed by atoms with Crippen molar-refractivity contribution in [2.75, 3.05) is 6.61 Å². The van der Waals surface area contributed by atoms with Gasteiger partial charge in [-0.05, 0) is 58.8 Å². The lowest BCUT2D eigenvalue weighted by Crippen LogP contribution is -2.52. The smallest absolute Gasteiger partial charge is 0.308 e. The van der Waals surface area contributed by atoms with Gasteiger partial charge >= 0.3 is 17.9 Å². The normalized spacial score (nSPS) is 21.9. The first-order valence-corrected chi connectivity index (χ1v) is 13.7. The van der Waals surface area contributed by atoms with E-state index in [-0.39, 0.29) is 35.2 Å². The second kappa shape index (κ2) is 11.4. The van der Waals surface area contributed by atoms with Crippen LogP contribution >= 0.6 is 0 Å². The van der Waals surface area contributed by atoms with Crippen LogP contribution in [0.1, 0.15) is 111 Å². The Balaban J connectivity index is 2.13. The lowest BCUT2D eigenvalue weighted by atomic mass is 9.45. The fourth-order valence-electron chi connectivity index (χ4n) is 6.22. The van der Waals surface area contributed by atoms with E-state index in [4.69, 9.17) is 14.2 Å². The maximum atomic E-state index is 12.2. The number of fused-ring (bicyclic) bond motifs is 1. The largest absolute Gasteiger partial charge is 0.461 e. The average Bonchev–Trinajstić information content (AvgIpc) is 2.79. The fourth-order valence-corrected chi connectivity index (χ4v) is 6.22. The molecule has 3 aliphatic carbocycles. The van der Waals surface area contributed by atoms with E-state index in [2.05, 4.69) is 40.7 Å². The summed E-state index contributed by atoms with van der Waals surface area (Å²) in [5, 5.41) is 0. The number of unbranched alkanes of at least 4 members (excludes halogenated alkanes) is 3. The van der Waals surface area contributed by atoms with E-state index < -0.39 is 11.9 Å². The molecule has 0 aliphatic heterocycles. The summed E-state index contributed by atoms with van der Waals surface area (Å²) in [7, 11) is 0. The van der Waals surface area contributed by atoms with Crippen LogP contribution in [-0.2, 0) is 24.5 Å². The van der Waals surface area contributed by atoms with Gasteiger partial charge in [0.15, 0.2) is 0 Å². The predicted molar refractivity (Wildman–Crippen MR) is 144 cm³/mol. The number of allylic oxidation sites excluding steroid dienone is 1. The summed E-state index contributed by atoms with van der Waals surface area (Å²) >= 11 is 0. The quantitative estimate of drug-likeness (QED) is 0.137. The number of carbonyl (C=O) groups excluding carboxylic acids is 3. The maximum absolute atomic E-state index is 12.2. The van der Waals surface area contributed by atoms with Crippen LogP contribution in [0.2, 0.25) is 0 Å². The van der Waals surface area contributed by atoms with Crippen LogP contribution in [0, 0.1) is 17.3 Å². The SMILES string of the molecule is CCCCCCC(C)(C)c1cc(OC(C)=O)c([C@@H]2C=C(COC(C)=O)[C@@H]3C[C@H]2C3(C)C)c(OC(C)=O)c1. The highest BCUT2D eigenvalue weighted by Crippen LogP contribution is 2.65. The maximum Gasteiger partial charge on any atom is 0.308 e. The monoisotopic (exact) mass is 512 g/mol. The molecule has 4 rings (SSSR count). The molecule has 2 bridgehead atoms. The van der Waals surface area contributed by atoms with Gasteiger partial charge in [-0.3, -0.25) is 14.4 Å². The summed E-state index contributed by atoms with van der Waals surface area (Å²) in [6.45, 7) is 15.4. The first-order chi connectivity index (χ1) is 17.3. The number of hydrogen-bond donors (Lipinski definition) is 0. The molecule has 0 spiro atoms. The molecule has 0 amide bonds. The zero-order valence-corrected chi connectivity index (χ0v) is 23.9. The van der Waals surface area contributed by atoms with Crippen molar-refractivity contribution in [1.82, 2.24) is 0 Å². The Labute approximate surface area is 222 Å². The van der Waals surface area contributed by atoms with E-state index in [1.807, 2.05) is 12.1 Å². The van der Waals surface area contributed by atoms with Gasteiger partial charge in [0.2, 0.25) is 0 Å². The topological polar surface area (TPSA) is 78.9 Å². The second-order valence-corrected chi connectivity index (χ2v) is 12.0. The summed E-state index contributed by atoms with van der Waals surface area (Å²) in [6.07, 6.45) is 8.69. The highest BCUT2D eigenvalue weighted by atomic mass is 16.5. The van der Waals surface area contributed by atoms with E-state index in [1.54, 1.807) is 0 Å². The Kier molecular flexibility index (Phi) is 8.92. The number of esters is 3. The molecule has 6 heteroatoms. The highest BCUT2D eigenvalue weighted by Gasteiger charge is 2.56.